The van der Waals surface area contributed by atoms with Gasteiger partial charge in [0.15, 0.2) is 5.65 Å². The van der Waals surface area contributed by atoms with Gasteiger partial charge in [-0.3, -0.25) is 9.24 Å². The Morgan fingerprint density at radius 2 is 2.17 bits per heavy atom. The lowest BCUT2D eigenvalue weighted by Crippen LogP contribution is -2.21. The molecule has 1 aliphatic rings. The molecular formula is C12H15BrN4O. The average molecular weight is 311 g/mol. The summed E-state index contributed by atoms with van der Waals surface area (Å²) in [5, 5.41) is 0. The highest BCUT2D eigenvalue weighted by Crippen LogP contribution is 2.20. The van der Waals surface area contributed by atoms with Crippen LogP contribution in [0.3, 0.4) is 0 Å². The second-order valence-corrected chi connectivity index (χ2v) is 5.35. The average Bonchev–Trinajstić information content (AvgIpc) is 2.99. The van der Waals surface area contributed by atoms with Crippen LogP contribution in [0.15, 0.2) is 23.2 Å². The maximum atomic E-state index is 5.64. The smallest absolute Gasteiger partial charge is 0.155 e. The number of nitrogens with zero attached hydrogens (tertiary/aromatic N) is 3. The van der Waals surface area contributed by atoms with E-state index in [9.17, 15) is 0 Å². The normalized spacial score (nSPS) is 16.7. The first kappa shape index (κ1) is 12.1. The molecule has 1 aliphatic carbocycles. The summed E-state index contributed by atoms with van der Waals surface area (Å²) in [6.07, 6.45) is 10.7. The molecule has 18 heavy (non-hydrogen) atoms. The number of fused-ring (bicyclic) bond motifs is 1. The van der Waals surface area contributed by atoms with Gasteiger partial charge >= 0.3 is 0 Å². The van der Waals surface area contributed by atoms with E-state index >= 15 is 0 Å². The summed E-state index contributed by atoms with van der Waals surface area (Å²) in [6, 6.07) is 0. The molecule has 96 valence electrons. The minimum absolute atomic E-state index is 0.373. The lowest BCUT2D eigenvalue weighted by atomic mass is 10.3. The van der Waals surface area contributed by atoms with Crippen molar-refractivity contribution in [1.29, 1.82) is 0 Å². The van der Waals surface area contributed by atoms with Crippen LogP contribution in [0.1, 0.15) is 31.4 Å². The second kappa shape index (κ2) is 5.34. The van der Waals surface area contributed by atoms with Crippen LogP contribution in [-0.4, -0.2) is 20.5 Å². The van der Waals surface area contributed by atoms with Crippen molar-refractivity contribution in [2.24, 2.45) is 0 Å². The molecule has 0 bridgehead atoms. The number of hydroxylamine groups is 1. The van der Waals surface area contributed by atoms with Crippen LogP contribution < -0.4 is 5.48 Å². The third kappa shape index (κ3) is 2.55. The predicted molar refractivity (Wildman–Crippen MR) is 70.9 cm³/mol. The second-order valence-electron chi connectivity index (χ2n) is 4.53. The lowest BCUT2D eigenvalue weighted by molar-refractivity contribution is -0.0249. The Morgan fingerprint density at radius 3 is 3.00 bits per heavy atom. The summed E-state index contributed by atoms with van der Waals surface area (Å²) in [5.41, 5.74) is 4.95. The van der Waals surface area contributed by atoms with Crippen LogP contribution in [-0.2, 0) is 11.4 Å². The standard InChI is InChI=1S/C12H15BrN4O/c13-11-8-17-9(5-15-12(17)7-14-11)6-16-18-10-3-1-2-4-10/h5,7-8,10,16H,1-4,6H2. The van der Waals surface area contributed by atoms with Gasteiger partial charge in [-0.2, -0.15) is 5.48 Å². The van der Waals surface area contributed by atoms with Gasteiger partial charge in [-0.05, 0) is 28.8 Å². The molecule has 3 rings (SSSR count). The van der Waals surface area contributed by atoms with Crippen molar-refractivity contribution in [3.05, 3.63) is 28.9 Å². The van der Waals surface area contributed by atoms with Crippen LogP contribution in [0.5, 0.6) is 0 Å². The van der Waals surface area contributed by atoms with E-state index in [1.54, 1.807) is 6.20 Å². The number of nitrogens with one attached hydrogen (secondary N) is 1. The van der Waals surface area contributed by atoms with E-state index in [-0.39, 0.29) is 0 Å². The Balaban J connectivity index is 1.65. The van der Waals surface area contributed by atoms with Gasteiger partial charge in [0, 0.05) is 6.20 Å². The van der Waals surface area contributed by atoms with Crippen LogP contribution in [0, 0.1) is 0 Å². The highest BCUT2D eigenvalue weighted by Gasteiger charge is 2.15. The minimum Gasteiger partial charge on any atom is -0.299 e. The highest BCUT2D eigenvalue weighted by atomic mass is 79.9. The van der Waals surface area contributed by atoms with Crippen molar-refractivity contribution in [3.8, 4) is 0 Å². The van der Waals surface area contributed by atoms with Crippen LogP contribution in [0.2, 0.25) is 0 Å². The number of imidazole rings is 1. The van der Waals surface area contributed by atoms with Gasteiger partial charge in [-0.1, -0.05) is 12.8 Å². The summed E-state index contributed by atoms with van der Waals surface area (Å²) >= 11 is 3.36. The topological polar surface area (TPSA) is 51.5 Å². The zero-order valence-electron chi connectivity index (χ0n) is 9.97. The summed E-state index contributed by atoms with van der Waals surface area (Å²) in [5.74, 6) is 0. The van der Waals surface area contributed by atoms with E-state index < -0.39 is 0 Å². The molecule has 0 amide bonds. The van der Waals surface area contributed by atoms with Gasteiger partial charge in [-0.15, -0.1) is 0 Å². The van der Waals surface area contributed by atoms with Crippen LogP contribution >= 0.6 is 15.9 Å². The maximum absolute atomic E-state index is 5.64. The molecule has 0 unspecified atom stereocenters. The quantitative estimate of drug-likeness (QED) is 0.881. The molecule has 2 aromatic rings. The number of aromatic nitrogens is 3. The van der Waals surface area contributed by atoms with Gasteiger partial charge < -0.3 is 0 Å². The van der Waals surface area contributed by atoms with E-state index in [0.29, 0.717) is 12.6 Å². The third-order valence-corrected chi connectivity index (χ3v) is 3.66. The fourth-order valence-corrected chi connectivity index (χ4v) is 2.59. The minimum atomic E-state index is 0.373. The number of rotatable bonds is 4. The zero-order valence-corrected chi connectivity index (χ0v) is 11.6. The number of halogens is 1. The summed E-state index contributed by atoms with van der Waals surface area (Å²) in [4.78, 5) is 14.1. The Morgan fingerprint density at radius 1 is 1.33 bits per heavy atom. The fraction of sp³-hybridized carbons (Fsp3) is 0.500. The van der Waals surface area contributed by atoms with E-state index in [2.05, 4.69) is 31.4 Å². The SMILES string of the molecule is Brc1cn2c(CNOC3CCCC3)cnc2cn1. The van der Waals surface area contributed by atoms with Gasteiger partial charge in [0.25, 0.3) is 0 Å². The van der Waals surface area contributed by atoms with Gasteiger partial charge in [-0.25, -0.2) is 9.97 Å². The van der Waals surface area contributed by atoms with Crippen LogP contribution in [0.4, 0.5) is 0 Å². The molecule has 1 N–H and O–H groups in total. The highest BCUT2D eigenvalue weighted by molar-refractivity contribution is 9.10. The third-order valence-electron chi connectivity index (χ3n) is 3.25. The van der Waals surface area contributed by atoms with Crippen molar-refractivity contribution in [3.63, 3.8) is 0 Å². The van der Waals surface area contributed by atoms with Crippen molar-refractivity contribution in [1.82, 2.24) is 19.8 Å². The molecule has 0 radical (unpaired) electrons. The Hall–Kier alpha value is -0.980. The van der Waals surface area contributed by atoms with E-state index in [1.807, 2.05) is 16.8 Å². The van der Waals surface area contributed by atoms with E-state index in [4.69, 9.17) is 4.84 Å². The fourth-order valence-electron chi connectivity index (χ4n) is 2.29. The van der Waals surface area contributed by atoms with Gasteiger partial charge in [0.2, 0.25) is 0 Å². The molecule has 0 saturated heterocycles. The molecular weight excluding hydrogens is 296 g/mol. The Bertz CT molecular complexity index is 536. The molecule has 2 heterocycles. The Labute approximate surface area is 114 Å². The maximum Gasteiger partial charge on any atom is 0.155 e. The summed E-state index contributed by atoms with van der Waals surface area (Å²) < 4.78 is 2.80. The lowest BCUT2D eigenvalue weighted by Gasteiger charge is -2.11. The van der Waals surface area contributed by atoms with Crippen molar-refractivity contribution in [2.45, 2.75) is 38.3 Å². The van der Waals surface area contributed by atoms with Crippen LogP contribution in [0.25, 0.3) is 5.65 Å². The number of hydrogen-bond acceptors (Lipinski definition) is 4. The largest absolute Gasteiger partial charge is 0.299 e. The molecule has 0 aliphatic heterocycles. The van der Waals surface area contributed by atoms with Crippen molar-refractivity contribution in [2.75, 3.05) is 0 Å². The summed E-state index contributed by atoms with van der Waals surface area (Å²) in [6.45, 7) is 0.647. The van der Waals surface area contributed by atoms with E-state index in [1.165, 1.54) is 12.8 Å². The number of hydrogen-bond donors (Lipinski definition) is 1. The first-order chi connectivity index (χ1) is 8.83. The monoisotopic (exact) mass is 310 g/mol. The van der Waals surface area contributed by atoms with Gasteiger partial charge in [0.05, 0.1) is 30.7 Å². The molecule has 5 nitrogen and oxygen atoms in total. The molecule has 2 aromatic heterocycles. The molecule has 0 atom stereocenters. The molecule has 1 saturated carbocycles. The van der Waals surface area contributed by atoms with E-state index in [0.717, 1.165) is 28.8 Å². The van der Waals surface area contributed by atoms with Crippen molar-refractivity contribution >= 4 is 21.6 Å². The predicted octanol–water partition coefficient (Wildman–Crippen LogP) is 2.46. The summed E-state index contributed by atoms with van der Waals surface area (Å²) in [7, 11) is 0. The molecule has 6 heteroatoms. The van der Waals surface area contributed by atoms with Gasteiger partial charge in [0.1, 0.15) is 4.60 Å². The first-order valence-corrected chi connectivity index (χ1v) is 6.98. The Kier molecular flexibility index (Phi) is 3.58. The molecule has 1 fully saturated rings. The zero-order chi connectivity index (χ0) is 12.4. The first-order valence-electron chi connectivity index (χ1n) is 6.19. The molecule has 0 aromatic carbocycles. The van der Waals surface area contributed by atoms with Crippen molar-refractivity contribution < 1.29 is 4.84 Å². The molecule has 0 spiro atoms.